The van der Waals surface area contributed by atoms with Gasteiger partial charge in [-0.1, -0.05) is 34.1 Å². The van der Waals surface area contributed by atoms with Crippen LogP contribution in [0.5, 0.6) is 0 Å². The highest BCUT2D eigenvalue weighted by atomic mass is 16.5. The number of hydrogen-bond acceptors (Lipinski definition) is 7. The molecule has 1 rings (SSSR count). The number of primary amides is 1. The van der Waals surface area contributed by atoms with E-state index in [4.69, 9.17) is 15.2 Å². The fraction of sp³-hybridized carbons (Fsp3) is 0.783. The van der Waals surface area contributed by atoms with Crippen LogP contribution in [-0.2, 0) is 23.9 Å². The van der Waals surface area contributed by atoms with Gasteiger partial charge < -0.3 is 15.2 Å². The standard InChI is InChI=1S/C23H39N3O6/c1-8-31-21(25-26-23(24)30)19(15(6)27)14(5)20(16(7)28)22(29)32-18-11-13(4)9-10-17(18)12(2)3/h12-14,17-20H,8-11H2,1-7H3,(H3,24,26,30)/b25-21+/t13-,14-,17-,18-,19+,20+/m1/s1. The van der Waals surface area contributed by atoms with Gasteiger partial charge in [0.25, 0.3) is 0 Å². The topological polar surface area (TPSA) is 137 Å². The van der Waals surface area contributed by atoms with Crippen molar-refractivity contribution < 1.29 is 28.7 Å². The van der Waals surface area contributed by atoms with Gasteiger partial charge >= 0.3 is 12.0 Å². The summed E-state index contributed by atoms with van der Waals surface area (Å²) in [6.45, 7) is 12.4. The minimum atomic E-state index is -1.17. The van der Waals surface area contributed by atoms with E-state index in [2.05, 4.69) is 31.3 Å². The number of carbonyl (C=O) groups is 4. The van der Waals surface area contributed by atoms with Gasteiger partial charge in [-0.2, -0.15) is 0 Å². The van der Waals surface area contributed by atoms with E-state index in [1.54, 1.807) is 13.8 Å². The second-order valence-corrected chi connectivity index (χ2v) is 9.20. The summed E-state index contributed by atoms with van der Waals surface area (Å²) in [5, 5.41) is 3.80. The maximum Gasteiger partial charge on any atom is 0.332 e. The maximum atomic E-state index is 13.2. The first-order valence-electron chi connectivity index (χ1n) is 11.4. The van der Waals surface area contributed by atoms with E-state index in [1.165, 1.54) is 13.8 Å². The number of nitrogens with two attached hydrogens (primary N) is 1. The third-order valence-corrected chi connectivity index (χ3v) is 6.24. The molecule has 0 aliphatic heterocycles. The molecule has 0 bridgehead atoms. The molecule has 6 atom stereocenters. The largest absolute Gasteiger partial charge is 0.479 e. The van der Waals surface area contributed by atoms with Gasteiger partial charge in [-0.3, -0.25) is 14.4 Å². The fourth-order valence-corrected chi connectivity index (χ4v) is 4.63. The number of hydrogen-bond donors (Lipinski definition) is 2. The van der Waals surface area contributed by atoms with E-state index in [1.807, 2.05) is 0 Å². The second kappa shape index (κ2) is 12.6. The summed E-state index contributed by atoms with van der Waals surface area (Å²) >= 11 is 0. The Morgan fingerprint density at radius 3 is 2.12 bits per heavy atom. The Hall–Kier alpha value is -2.45. The summed E-state index contributed by atoms with van der Waals surface area (Å²) in [5.74, 6) is -3.51. The third-order valence-electron chi connectivity index (χ3n) is 6.24. The van der Waals surface area contributed by atoms with Crippen molar-refractivity contribution in [2.24, 2.45) is 46.3 Å². The highest BCUT2D eigenvalue weighted by molar-refractivity contribution is 6.04. The fourth-order valence-electron chi connectivity index (χ4n) is 4.63. The predicted molar refractivity (Wildman–Crippen MR) is 121 cm³/mol. The van der Waals surface area contributed by atoms with Crippen molar-refractivity contribution in [3.63, 3.8) is 0 Å². The molecule has 9 nitrogen and oxygen atoms in total. The van der Waals surface area contributed by atoms with Gasteiger partial charge in [0.1, 0.15) is 23.6 Å². The van der Waals surface area contributed by atoms with Crippen LogP contribution in [-0.4, -0.2) is 42.2 Å². The summed E-state index contributed by atoms with van der Waals surface area (Å²) in [7, 11) is 0. The van der Waals surface area contributed by atoms with Crippen molar-refractivity contribution in [1.29, 1.82) is 0 Å². The Bertz CT molecular complexity index is 721. The number of Topliss-reactive ketones (excluding diaryl/α,β-unsaturated/α-hetero) is 2. The van der Waals surface area contributed by atoms with Crippen molar-refractivity contribution in [1.82, 2.24) is 5.43 Å². The third kappa shape index (κ3) is 7.60. The molecule has 1 aliphatic rings. The summed E-state index contributed by atoms with van der Waals surface area (Å²) < 4.78 is 11.4. The minimum Gasteiger partial charge on any atom is -0.479 e. The van der Waals surface area contributed by atoms with Gasteiger partial charge in [-0.25, -0.2) is 10.2 Å². The van der Waals surface area contributed by atoms with E-state index in [9.17, 15) is 19.2 Å². The number of esters is 1. The van der Waals surface area contributed by atoms with Crippen molar-refractivity contribution >= 4 is 29.5 Å². The van der Waals surface area contributed by atoms with E-state index in [0.29, 0.717) is 11.8 Å². The molecule has 0 radical (unpaired) electrons. The van der Waals surface area contributed by atoms with Crippen LogP contribution < -0.4 is 11.2 Å². The average molecular weight is 454 g/mol. The van der Waals surface area contributed by atoms with Gasteiger partial charge in [-0.15, -0.1) is 5.10 Å². The normalized spacial score (nSPS) is 24.2. The molecular formula is C23H39N3O6. The summed E-state index contributed by atoms with van der Waals surface area (Å²) in [4.78, 5) is 49.3. The lowest BCUT2D eigenvalue weighted by molar-refractivity contribution is -0.165. The molecule has 2 amide bonds. The zero-order valence-electron chi connectivity index (χ0n) is 20.3. The molecule has 1 aliphatic carbocycles. The average Bonchev–Trinajstić information content (AvgIpc) is 2.65. The number of nitrogens with zero attached hydrogens (tertiary/aromatic N) is 1. The number of urea groups is 1. The van der Waals surface area contributed by atoms with Crippen LogP contribution in [0.4, 0.5) is 4.79 Å². The number of rotatable bonds is 10. The molecule has 3 N–H and O–H groups in total. The maximum absolute atomic E-state index is 13.2. The summed E-state index contributed by atoms with van der Waals surface area (Å²) in [6.07, 6.45) is 2.52. The molecule has 1 fully saturated rings. The van der Waals surface area contributed by atoms with E-state index >= 15 is 0 Å². The Labute approximate surface area is 190 Å². The molecule has 0 spiro atoms. The van der Waals surface area contributed by atoms with Crippen LogP contribution in [0.1, 0.15) is 67.7 Å². The van der Waals surface area contributed by atoms with Crippen molar-refractivity contribution in [2.45, 2.75) is 73.8 Å². The SMILES string of the molecule is CCO/C(=N/NC(N)=O)[C@H](C(C)=O)[C@@H](C)[C@@H](C(C)=O)C(=O)O[C@@H]1C[C@H](C)CC[C@@H]1C(C)C. The smallest absolute Gasteiger partial charge is 0.332 e. The minimum absolute atomic E-state index is 0.100. The zero-order valence-corrected chi connectivity index (χ0v) is 20.3. The van der Waals surface area contributed by atoms with Gasteiger partial charge in [0, 0.05) is 0 Å². The first-order valence-corrected chi connectivity index (χ1v) is 11.4. The molecule has 0 aromatic rings. The van der Waals surface area contributed by atoms with Crippen LogP contribution >= 0.6 is 0 Å². The highest BCUT2D eigenvalue weighted by Crippen LogP contribution is 2.36. The molecule has 0 saturated heterocycles. The molecule has 182 valence electrons. The van der Waals surface area contributed by atoms with Crippen LogP contribution in [0.3, 0.4) is 0 Å². The number of hydrazone groups is 1. The first-order chi connectivity index (χ1) is 14.9. The van der Waals surface area contributed by atoms with Crippen molar-refractivity contribution in [3.05, 3.63) is 0 Å². The summed E-state index contributed by atoms with van der Waals surface area (Å²) in [6, 6.07) is -0.925. The molecule has 0 aromatic heterocycles. The van der Waals surface area contributed by atoms with E-state index < -0.39 is 35.5 Å². The number of ketones is 2. The quantitative estimate of drug-likeness (QED) is 0.171. The molecule has 32 heavy (non-hydrogen) atoms. The lowest BCUT2D eigenvalue weighted by Crippen LogP contribution is -2.44. The Morgan fingerprint density at radius 2 is 1.66 bits per heavy atom. The highest BCUT2D eigenvalue weighted by Gasteiger charge is 2.43. The number of carbonyl (C=O) groups excluding carboxylic acids is 4. The Kier molecular flexibility index (Phi) is 10.8. The lowest BCUT2D eigenvalue weighted by atomic mass is 9.75. The Balaban J connectivity index is 3.21. The van der Waals surface area contributed by atoms with Gasteiger partial charge in [0.15, 0.2) is 0 Å². The lowest BCUT2D eigenvalue weighted by Gasteiger charge is -2.38. The molecule has 1 saturated carbocycles. The molecule has 0 aromatic carbocycles. The number of ether oxygens (including phenoxy) is 2. The number of nitrogens with one attached hydrogen (secondary N) is 1. The van der Waals surface area contributed by atoms with Crippen molar-refractivity contribution in [2.75, 3.05) is 6.61 Å². The predicted octanol–water partition coefficient (Wildman–Crippen LogP) is 3.06. The monoisotopic (exact) mass is 453 g/mol. The van der Waals surface area contributed by atoms with Gasteiger partial charge in [0.05, 0.1) is 12.5 Å². The summed E-state index contributed by atoms with van der Waals surface area (Å²) in [5.41, 5.74) is 7.13. The first kappa shape index (κ1) is 27.6. The van der Waals surface area contributed by atoms with E-state index in [0.717, 1.165) is 19.3 Å². The van der Waals surface area contributed by atoms with Crippen LogP contribution in [0.15, 0.2) is 5.10 Å². The van der Waals surface area contributed by atoms with Crippen molar-refractivity contribution in [3.8, 4) is 0 Å². The molecule has 0 heterocycles. The number of amides is 2. The van der Waals surface area contributed by atoms with Gasteiger partial charge in [0.2, 0.25) is 5.90 Å². The van der Waals surface area contributed by atoms with E-state index in [-0.39, 0.29) is 30.3 Å². The Morgan fingerprint density at radius 1 is 1.06 bits per heavy atom. The zero-order chi connectivity index (χ0) is 24.6. The molecule has 9 heteroatoms. The van der Waals surface area contributed by atoms with Crippen LogP contribution in [0.2, 0.25) is 0 Å². The molecule has 0 unspecified atom stereocenters. The van der Waals surface area contributed by atoms with Crippen LogP contribution in [0, 0.1) is 35.5 Å². The van der Waals surface area contributed by atoms with Gasteiger partial charge in [-0.05, 0) is 57.3 Å². The second-order valence-electron chi connectivity index (χ2n) is 9.20. The van der Waals surface area contributed by atoms with Crippen LogP contribution in [0.25, 0.3) is 0 Å². The molecular weight excluding hydrogens is 414 g/mol.